The van der Waals surface area contributed by atoms with Crippen molar-refractivity contribution in [2.75, 3.05) is 0 Å². The molecule has 0 aliphatic heterocycles. The summed E-state index contributed by atoms with van der Waals surface area (Å²) in [5.41, 5.74) is 4.14. The summed E-state index contributed by atoms with van der Waals surface area (Å²) in [6.07, 6.45) is 7.50. The van der Waals surface area contributed by atoms with Gasteiger partial charge in [0.05, 0.1) is 4.92 Å². The third-order valence-corrected chi connectivity index (χ3v) is 7.47. The zero-order chi connectivity index (χ0) is 17.9. The second-order valence-electron chi connectivity index (χ2n) is 9.15. The molecule has 0 heterocycles. The lowest BCUT2D eigenvalue weighted by Gasteiger charge is -2.62. The van der Waals surface area contributed by atoms with E-state index in [9.17, 15) is 10.1 Å². The Balaban J connectivity index is 1.62. The van der Waals surface area contributed by atoms with E-state index in [2.05, 4.69) is 36.4 Å². The fourth-order valence-electron chi connectivity index (χ4n) is 6.87. The molecule has 2 aromatic rings. The molecule has 3 heteroatoms. The molecule has 0 spiro atoms. The van der Waals surface area contributed by atoms with Crippen LogP contribution in [0.3, 0.4) is 0 Å². The molecule has 2 unspecified atom stereocenters. The van der Waals surface area contributed by atoms with Gasteiger partial charge in [-0.15, -0.1) is 0 Å². The first-order valence-electron chi connectivity index (χ1n) is 9.81. The van der Waals surface area contributed by atoms with Crippen LogP contribution in [0, 0.1) is 28.9 Å². The smallest absolute Gasteiger partial charge is 0.258 e. The second kappa shape index (κ2) is 5.42. The van der Waals surface area contributed by atoms with Crippen LogP contribution in [0.1, 0.15) is 55.2 Å². The number of benzene rings is 2. The van der Waals surface area contributed by atoms with Crippen molar-refractivity contribution in [2.45, 2.75) is 56.3 Å². The van der Waals surface area contributed by atoms with Crippen molar-refractivity contribution in [3.63, 3.8) is 0 Å². The van der Waals surface area contributed by atoms with Crippen LogP contribution in [0.15, 0.2) is 48.5 Å². The standard InChI is InChI=1S/C23H25NO2/c1-16-7-8-20(10-21(16)24(25)26)23-13-17-9-18(14-23)12-22(11-17,15-23)19-5-3-2-4-6-19/h2-8,10,17-18H,9,11-15H2,1H3. The zero-order valence-electron chi connectivity index (χ0n) is 15.3. The molecule has 2 aromatic carbocycles. The third kappa shape index (κ3) is 2.26. The third-order valence-electron chi connectivity index (χ3n) is 7.47. The van der Waals surface area contributed by atoms with Crippen molar-refractivity contribution in [2.24, 2.45) is 11.8 Å². The van der Waals surface area contributed by atoms with Crippen molar-refractivity contribution in [1.29, 1.82) is 0 Å². The molecule has 0 aromatic heterocycles. The van der Waals surface area contributed by atoms with E-state index in [0.29, 0.717) is 0 Å². The second-order valence-corrected chi connectivity index (χ2v) is 9.15. The van der Waals surface area contributed by atoms with Gasteiger partial charge in [0.1, 0.15) is 0 Å². The van der Waals surface area contributed by atoms with E-state index in [1.165, 1.54) is 43.2 Å². The van der Waals surface area contributed by atoms with E-state index in [4.69, 9.17) is 0 Å². The summed E-state index contributed by atoms with van der Waals surface area (Å²) in [5.74, 6) is 1.52. The molecule has 4 aliphatic rings. The van der Waals surface area contributed by atoms with Gasteiger partial charge in [-0.2, -0.15) is 0 Å². The maximum absolute atomic E-state index is 11.5. The van der Waals surface area contributed by atoms with Crippen molar-refractivity contribution in [1.82, 2.24) is 0 Å². The molecule has 4 saturated carbocycles. The molecule has 3 nitrogen and oxygen atoms in total. The number of hydrogen-bond donors (Lipinski definition) is 0. The number of hydrogen-bond acceptors (Lipinski definition) is 2. The van der Waals surface area contributed by atoms with Gasteiger partial charge < -0.3 is 0 Å². The number of nitrogens with zero attached hydrogens (tertiary/aromatic N) is 1. The summed E-state index contributed by atoms with van der Waals surface area (Å²) in [7, 11) is 0. The van der Waals surface area contributed by atoms with E-state index in [1.807, 2.05) is 19.1 Å². The monoisotopic (exact) mass is 347 g/mol. The Morgan fingerprint density at radius 1 is 0.923 bits per heavy atom. The normalized spacial score (nSPS) is 34.8. The molecule has 2 atom stereocenters. The topological polar surface area (TPSA) is 43.1 Å². The SMILES string of the molecule is Cc1ccc(C23CC4CC(CC(c5ccccc5)(C4)C2)C3)cc1[N+](=O)[O-]. The number of rotatable bonds is 3. The first-order valence-corrected chi connectivity index (χ1v) is 9.81. The highest BCUT2D eigenvalue weighted by atomic mass is 16.6. The van der Waals surface area contributed by atoms with Gasteiger partial charge in [0, 0.05) is 11.6 Å². The number of aryl methyl sites for hydroxylation is 1. The fraction of sp³-hybridized carbons (Fsp3) is 0.478. The Morgan fingerprint density at radius 2 is 1.54 bits per heavy atom. The predicted octanol–water partition coefficient (Wildman–Crippen LogP) is 5.69. The molecule has 4 fully saturated rings. The minimum atomic E-state index is -0.216. The highest BCUT2D eigenvalue weighted by molar-refractivity contribution is 5.47. The lowest BCUT2D eigenvalue weighted by atomic mass is 9.41. The summed E-state index contributed by atoms with van der Waals surface area (Å²) >= 11 is 0. The molecule has 0 saturated heterocycles. The Bertz CT molecular complexity index is 859. The van der Waals surface area contributed by atoms with Crippen LogP contribution in [0.4, 0.5) is 5.69 Å². The minimum absolute atomic E-state index is 0.123. The van der Waals surface area contributed by atoms with Gasteiger partial charge in [0.15, 0.2) is 0 Å². The van der Waals surface area contributed by atoms with Gasteiger partial charge >= 0.3 is 0 Å². The summed E-state index contributed by atoms with van der Waals surface area (Å²) in [4.78, 5) is 11.3. The fourth-order valence-corrected chi connectivity index (χ4v) is 6.87. The highest BCUT2D eigenvalue weighted by Crippen LogP contribution is 2.66. The maximum Gasteiger partial charge on any atom is 0.272 e. The van der Waals surface area contributed by atoms with Crippen LogP contribution in [0.25, 0.3) is 0 Å². The largest absolute Gasteiger partial charge is 0.272 e. The summed E-state index contributed by atoms with van der Waals surface area (Å²) in [6.45, 7) is 1.84. The van der Waals surface area contributed by atoms with E-state index in [0.717, 1.165) is 23.8 Å². The van der Waals surface area contributed by atoms with Gasteiger partial charge in [-0.05, 0) is 79.2 Å². The van der Waals surface area contributed by atoms with Crippen LogP contribution in [-0.2, 0) is 10.8 Å². The van der Waals surface area contributed by atoms with Crippen LogP contribution in [-0.4, -0.2) is 4.92 Å². The Kier molecular flexibility index (Phi) is 3.34. The molecule has 4 aliphatic carbocycles. The Morgan fingerprint density at radius 3 is 2.15 bits per heavy atom. The molecule has 0 radical (unpaired) electrons. The van der Waals surface area contributed by atoms with E-state index < -0.39 is 0 Å². The lowest BCUT2D eigenvalue weighted by Crippen LogP contribution is -2.55. The van der Waals surface area contributed by atoms with Crippen LogP contribution in [0.2, 0.25) is 0 Å². The predicted molar refractivity (Wildman–Crippen MR) is 102 cm³/mol. The minimum Gasteiger partial charge on any atom is -0.258 e. The van der Waals surface area contributed by atoms with E-state index >= 15 is 0 Å². The highest BCUT2D eigenvalue weighted by Gasteiger charge is 2.58. The molecule has 0 amide bonds. The van der Waals surface area contributed by atoms with Crippen molar-refractivity contribution in [3.8, 4) is 0 Å². The molecular weight excluding hydrogens is 322 g/mol. The van der Waals surface area contributed by atoms with Gasteiger partial charge in [-0.1, -0.05) is 42.5 Å². The molecule has 4 bridgehead atoms. The van der Waals surface area contributed by atoms with E-state index in [1.54, 1.807) is 0 Å². The summed E-state index contributed by atoms with van der Waals surface area (Å²) < 4.78 is 0. The number of nitro groups is 1. The lowest BCUT2D eigenvalue weighted by molar-refractivity contribution is -0.385. The van der Waals surface area contributed by atoms with Crippen LogP contribution < -0.4 is 0 Å². The van der Waals surface area contributed by atoms with Crippen molar-refractivity contribution >= 4 is 5.69 Å². The number of nitro benzene ring substituents is 1. The molecule has 6 rings (SSSR count). The van der Waals surface area contributed by atoms with Crippen LogP contribution in [0.5, 0.6) is 0 Å². The van der Waals surface area contributed by atoms with Gasteiger partial charge in [0.2, 0.25) is 0 Å². The average molecular weight is 347 g/mol. The first kappa shape index (κ1) is 16.0. The Hall–Kier alpha value is -2.16. The molecule has 26 heavy (non-hydrogen) atoms. The molecular formula is C23H25NO2. The van der Waals surface area contributed by atoms with Crippen molar-refractivity contribution in [3.05, 3.63) is 75.3 Å². The quantitative estimate of drug-likeness (QED) is 0.528. The molecule has 0 N–H and O–H groups in total. The summed E-state index contributed by atoms with van der Waals surface area (Å²) in [5, 5.41) is 11.5. The van der Waals surface area contributed by atoms with Crippen LogP contribution >= 0.6 is 0 Å². The first-order chi connectivity index (χ1) is 12.5. The zero-order valence-corrected chi connectivity index (χ0v) is 15.3. The average Bonchev–Trinajstić information content (AvgIpc) is 2.61. The van der Waals surface area contributed by atoms with E-state index in [-0.39, 0.29) is 21.4 Å². The Labute approximate surface area is 154 Å². The molecule has 134 valence electrons. The van der Waals surface area contributed by atoms with Crippen molar-refractivity contribution < 1.29 is 4.92 Å². The van der Waals surface area contributed by atoms with Gasteiger partial charge in [0.25, 0.3) is 5.69 Å². The van der Waals surface area contributed by atoms with Gasteiger partial charge in [-0.3, -0.25) is 10.1 Å². The summed E-state index contributed by atoms with van der Waals surface area (Å²) in [6, 6.07) is 17.1. The maximum atomic E-state index is 11.5. The van der Waals surface area contributed by atoms with Gasteiger partial charge in [-0.25, -0.2) is 0 Å².